The lowest BCUT2D eigenvalue weighted by Crippen LogP contribution is -2.54. The minimum Gasteiger partial charge on any atom is -0.490 e. The maximum atomic E-state index is 12.5. The number of carboxylic acids is 1. The van der Waals surface area contributed by atoms with Gasteiger partial charge in [-0.15, -0.1) is 0 Å². The largest absolute Gasteiger partial charge is 0.490 e. The smallest absolute Gasteiger partial charge is 0.341 e. The van der Waals surface area contributed by atoms with Gasteiger partial charge in [-0.1, -0.05) is 38.8 Å². The lowest BCUT2D eigenvalue weighted by atomic mass is 9.59. The Labute approximate surface area is 179 Å². The predicted molar refractivity (Wildman–Crippen MR) is 113 cm³/mol. The van der Waals surface area contributed by atoms with Crippen LogP contribution in [0.1, 0.15) is 56.8 Å². The highest BCUT2D eigenvalue weighted by atomic mass is 35.5. The highest BCUT2D eigenvalue weighted by Gasteiger charge is 2.53. The molecule has 2 aliphatic rings. The number of fused-ring (bicyclic) bond motifs is 4. The minimum absolute atomic E-state index is 0.0865. The van der Waals surface area contributed by atoms with Gasteiger partial charge in [-0.2, -0.15) is 0 Å². The van der Waals surface area contributed by atoms with Crippen molar-refractivity contribution in [1.82, 2.24) is 9.55 Å². The number of nitrogens with zero attached hydrogens (tertiary/aromatic N) is 2. The second kappa shape index (κ2) is 7.30. The van der Waals surface area contributed by atoms with Gasteiger partial charge in [0.2, 0.25) is 0 Å². The Bertz CT molecular complexity index is 1070. The van der Waals surface area contributed by atoms with Crippen molar-refractivity contribution in [3.63, 3.8) is 0 Å². The van der Waals surface area contributed by atoms with Gasteiger partial charge in [-0.05, 0) is 24.7 Å². The molecule has 4 rings (SSSR count). The maximum Gasteiger partial charge on any atom is 0.341 e. The van der Waals surface area contributed by atoms with E-state index in [4.69, 9.17) is 21.1 Å². The van der Waals surface area contributed by atoms with Gasteiger partial charge >= 0.3 is 5.97 Å². The number of halogens is 1. The highest BCUT2D eigenvalue weighted by Crippen LogP contribution is 2.55. The molecule has 0 unspecified atom stereocenters. The molecule has 1 N–H and O–H groups in total. The third-order valence-corrected chi connectivity index (χ3v) is 6.08. The molecule has 1 aliphatic heterocycles. The Morgan fingerprint density at radius 1 is 1.37 bits per heavy atom. The van der Waals surface area contributed by atoms with Crippen LogP contribution in [0.2, 0.25) is 5.15 Å². The quantitative estimate of drug-likeness (QED) is 0.558. The molecule has 7 nitrogen and oxygen atoms in total. The average molecular weight is 433 g/mol. The summed E-state index contributed by atoms with van der Waals surface area (Å²) in [6.07, 6.45) is 4.89. The molecular weight excluding hydrogens is 408 g/mol. The zero-order valence-corrected chi connectivity index (χ0v) is 18.1. The molecule has 160 valence electrons. The van der Waals surface area contributed by atoms with E-state index in [1.807, 2.05) is 4.57 Å². The van der Waals surface area contributed by atoms with E-state index in [1.165, 1.54) is 12.3 Å². The summed E-state index contributed by atoms with van der Waals surface area (Å²) in [5.41, 5.74) is -0.280. The molecule has 8 heteroatoms. The zero-order chi connectivity index (χ0) is 21.7. The van der Waals surface area contributed by atoms with Gasteiger partial charge in [0.1, 0.15) is 17.9 Å². The average Bonchev–Trinajstić information content (AvgIpc) is 2.76. The van der Waals surface area contributed by atoms with Gasteiger partial charge in [-0.25, -0.2) is 9.78 Å². The van der Waals surface area contributed by atoms with Crippen molar-refractivity contribution in [1.29, 1.82) is 0 Å². The van der Waals surface area contributed by atoms with Crippen LogP contribution >= 0.6 is 11.6 Å². The number of hydrogen-bond acceptors (Lipinski definition) is 5. The molecule has 0 radical (unpaired) electrons. The van der Waals surface area contributed by atoms with Gasteiger partial charge in [-0.3, -0.25) is 4.79 Å². The summed E-state index contributed by atoms with van der Waals surface area (Å²) in [6.45, 7) is 7.25. The van der Waals surface area contributed by atoms with E-state index in [-0.39, 0.29) is 16.1 Å². The van der Waals surface area contributed by atoms with Crippen molar-refractivity contribution in [2.24, 2.45) is 5.41 Å². The fourth-order valence-electron chi connectivity index (χ4n) is 4.73. The Morgan fingerprint density at radius 2 is 2.10 bits per heavy atom. The Hall–Kier alpha value is -2.54. The molecule has 0 aromatic carbocycles. The number of carboxylic acid groups (broad SMARTS) is 1. The van der Waals surface area contributed by atoms with Gasteiger partial charge in [0.15, 0.2) is 22.1 Å². The number of aromatic carboxylic acids is 1. The van der Waals surface area contributed by atoms with E-state index in [9.17, 15) is 14.7 Å². The Balaban J connectivity index is 1.87. The number of rotatable bonds is 5. The minimum atomic E-state index is -1.25. The van der Waals surface area contributed by atoms with Crippen molar-refractivity contribution in [2.45, 2.75) is 52.0 Å². The summed E-state index contributed by atoms with van der Waals surface area (Å²) in [5.74, 6) is -0.339. The molecule has 2 aromatic rings. The van der Waals surface area contributed by atoms with Crippen LogP contribution in [0.25, 0.3) is 11.4 Å². The van der Waals surface area contributed by atoms with Crippen LogP contribution in [0, 0.1) is 5.41 Å². The van der Waals surface area contributed by atoms with E-state index in [2.05, 4.69) is 25.8 Å². The molecular formula is C22H25ClN2O5. The summed E-state index contributed by atoms with van der Waals surface area (Å²) in [4.78, 5) is 28.6. The van der Waals surface area contributed by atoms with Crippen molar-refractivity contribution in [2.75, 3.05) is 13.2 Å². The lowest BCUT2D eigenvalue weighted by Gasteiger charge is -2.54. The molecule has 0 saturated heterocycles. The zero-order valence-electron chi connectivity index (χ0n) is 17.3. The van der Waals surface area contributed by atoms with Crippen LogP contribution in [-0.4, -0.2) is 33.8 Å². The van der Waals surface area contributed by atoms with Gasteiger partial charge in [0, 0.05) is 18.3 Å². The van der Waals surface area contributed by atoms with Crippen LogP contribution in [0.5, 0.6) is 11.5 Å². The van der Waals surface area contributed by atoms with Crippen LogP contribution in [0.4, 0.5) is 0 Å². The fraction of sp³-hybridized carbons (Fsp3) is 0.500. The predicted octanol–water partition coefficient (Wildman–Crippen LogP) is 4.35. The second-order valence-electron chi connectivity index (χ2n) is 8.97. The normalized spacial score (nSPS) is 17.9. The van der Waals surface area contributed by atoms with Crippen LogP contribution in [0.3, 0.4) is 0 Å². The highest BCUT2D eigenvalue weighted by molar-refractivity contribution is 6.31. The number of carbonyl (C=O) groups is 1. The van der Waals surface area contributed by atoms with Crippen molar-refractivity contribution in [3.8, 4) is 22.9 Å². The van der Waals surface area contributed by atoms with Crippen molar-refractivity contribution >= 4 is 17.6 Å². The Morgan fingerprint density at radius 3 is 2.73 bits per heavy atom. The summed E-state index contributed by atoms with van der Waals surface area (Å²) >= 11 is 6.37. The topological polar surface area (TPSA) is 90.6 Å². The van der Waals surface area contributed by atoms with Gasteiger partial charge in [0.25, 0.3) is 0 Å². The summed E-state index contributed by atoms with van der Waals surface area (Å²) in [5, 5.41) is 9.66. The molecule has 3 heterocycles. The first-order valence-corrected chi connectivity index (χ1v) is 10.5. The first-order chi connectivity index (χ1) is 14.2. The lowest BCUT2D eigenvalue weighted by molar-refractivity contribution is -0.0319. The third-order valence-electron chi connectivity index (χ3n) is 5.81. The fourth-order valence-corrected chi connectivity index (χ4v) is 4.92. The van der Waals surface area contributed by atoms with Gasteiger partial charge < -0.3 is 19.1 Å². The van der Waals surface area contributed by atoms with Crippen LogP contribution in [-0.2, 0) is 5.54 Å². The van der Waals surface area contributed by atoms with Crippen LogP contribution < -0.4 is 14.9 Å². The number of unbranched alkanes of at least 4 members (excludes halogenated alkanes) is 1. The third kappa shape index (κ3) is 3.45. The number of ether oxygens (including phenoxy) is 2. The van der Waals surface area contributed by atoms with Gasteiger partial charge in [0.05, 0.1) is 17.8 Å². The maximum absolute atomic E-state index is 12.5. The summed E-state index contributed by atoms with van der Waals surface area (Å²) in [7, 11) is 0. The molecule has 1 spiro atoms. The van der Waals surface area contributed by atoms with Crippen LogP contribution in [0.15, 0.2) is 23.1 Å². The molecule has 1 saturated carbocycles. The summed E-state index contributed by atoms with van der Waals surface area (Å²) < 4.78 is 13.8. The number of hydrogen-bond donors (Lipinski definition) is 1. The molecule has 2 aromatic heterocycles. The first kappa shape index (κ1) is 20.7. The molecule has 0 amide bonds. The Kier molecular flexibility index (Phi) is 5.04. The first-order valence-electron chi connectivity index (χ1n) is 10.1. The number of pyridine rings is 2. The van der Waals surface area contributed by atoms with E-state index < -0.39 is 16.9 Å². The summed E-state index contributed by atoms with van der Waals surface area (Å²) in [6, 6.07) is 3.04. The van der Waals surface area contributed by atoms with Crippen molar-refractivity contribution < 1.29 is 19.4 Å². The molecule has 30 heavy (non-hydrogen) atoms. The van der Waals surface area contributed by atoms with E-state index in [0.29, 0.717) is 36.1 Å². The van der Waals surface area contributed by atoms with E-state index in [1.54, 1.807) is 6.07 Å². The van der Waals surface area contributed by atoms with E-state index >= 15 is 0 Å². The molecule has 0 atom stereocenters. The monoisotopic (exact) mass is 432 g/mol. The SMILES string of the molecule is CCCCOc1cc2c(nc1Cl)-c1cc(=O)c(C(=O)O)cn1C1(CO2)CC(C)(C)C1. The standard InChI is InChI=1S/C22H25ClN2O5/c1-4-5-6-29-17-8-16-18(24-19(17)23)14-7-15(26)13(20(27)28)9-25(14)22(12-30-16)10-21(2,3)11-22/h7-9H,4-6,10-12H2,1-3H3,(H,27,28). The molecule has 1 aliphatic carbocycles. The molecule has 0 bridgehead atoms. The van der Waals surface area contributed by atoms with Crippen molar-refractivity contribution in [3.05, 3.63) is 39.3 Å². The number of aromatic nitrogens is 2. The van der Waals surface area contributed by atoms with E-state index in [0.717, 1.165) is 25.7 Å². The molecule has 1 fully saturated rings. The second-order valence-corrected chi connectivity index (χ2v) is 9.33.